The highest BCUT2D eigenvalue weighted by atomic mass is 31.1. The summed E-state index contributed by atoms with van der Waals surface area (Å²) in [5, 5.41) is 0. The quantitative estimate of drug-likeness (QED) is 0.403. The van der Waals surface area contributed by atoms with Crippen molar-refractivity contribution in [2.45, 2.75) is 12.1 Å². The lowest BCUT2D eigenvalue weighted by Gasteiger charge is -2.20. The van der Waals surface area contributed by atoms with E-state index in [1.54, 1.807) is 28.4 Å². The molecule has 0 rings (SSSR count). The molecular weight excluding hydrogens is 272 g/mol. The highest BCUT2D eigenvalue weighted by Gasteiger charge is 2.07. The molecule has 0 heterocycles. The highest BCUT2D eigenvalue weighted by molar-refractivity contribution is 7.38. The Morgan fingerprint density at radius 2 is 1.11 bits per heavy atom. The van der Waals surface area contributed by atoms with Crippen LogP contribution in [0.4, 0.5) is 0 Å². The normalized spacial score (nSPS) is 13.3. The van der Waals surface area contributed by atoms with Crippen LogP contribution in [0.1, 0.15) is 0 Å². The van der Waals surface area contributed by atoms with Crippen molar-refractivity contribution < 1.29 is 18.9 Å². The van der Waals surface area contributed by atoms with Crippen LogP contribution < -0.4 is 0 Å². The molecule has 2 unspecified atom stereocenters. The molecule has 0 aliphatic carbocycles. The van der Waals surface area contributed by atoms with Crippen LogP contribution in [0.2, 0.25) is 0 Å². The molecule has 18 heavy (non-hydrogen) atoms. The third kappa shape index (κ3) is 9.57. The van der Waals surface area contributed by atoms with Gasteiger partial charge in [0.15, 0.2) is 12.1 Å². The summed E-state index contributed by atoms with van der Waals surface area (Å²) in [4.78, 5) is 2.32. The third-order valence-corrected chi connectivity index (χ3v) is 5.10. The summed E-state index contributed by atoms with van der Waals surface area (Å²) >= 11 is 0. The number of hydrogen-bond donors (Lipinski definition) is 0. The van der Waals surface area contributed by atoms with E-state index in [-0.39, 0.29) is 12.1 Å². The second-order valence-corrected chi connectivity index (χ2v) is 6.58. The predicted octanol–water partition coefficient (Wildman–Crippen LogP) is 1.43. The third-order valence-electron chi connectivity index (χ3n) is 2.47. The molecule has 5 nitrogen and oxygen atoms in total. The van der Waals surface area contributed by atoms with E-state index in [1.165, 1.54) is 0 Å². The van der Waals surface area contributed by atoms with Crippen LogP contribution >= 0.6 is 17.2 Å². The first-order valence-electron chi connectivity index (χ1n) is 5.94. The van der Waals surface area contributed by atoms with Gasteiger partial charge in [-0.1, -0.05) is 17.2 Å². The molecule has 0 aromatic heterocycles. The summed E-state index contributed by atoms with van der Waals surface area (Å²) in [5.74, 6) is 0. The van der Waals surface area contributed by atoms with E-state index in [9.17, 15) is 0 Å². The summed E-state index contributed by atoms with van der Waals surface area (Å²) in [7, 11) is 10.2. The largest absolute Gasteiger partial charge is 0.352 e. The number of hydrogen-bond acceptors (Lipinski definition) is 5. The number of methoxy groups -OCH3 is 4. The molecule has 0 radical (unpaired) electrons. The molecule has 7 heteroatoms. The van der Waals surface area contributed by atoms with Crippen LogP contribution in [-0.2, 0) is 18.9 Å². The molecule has 110 valence electrons. The molecule has 0 aliphatic rings. The van der Waals surface area contributed by atoms with Gasteiger partial charge < -0.3 is 23.8 Å². The fourth-order valence-electron chi connectivity index (χ4n) is 1.38. The molecule has 0 bridgehead atoms. The van der Waals surface area contributed by atoms with Gasteiger partial charge in [-0.3, -0.25) is 0 Å². The first-order chi connectivity index (χ1) is 8.67. The smallest absolute Gasteiger partial charge is 0.172 e. The van der Waals surface area contributed by atoms with E-state index in [2.05, 4.69) is 11.9 Å². The van der Waals surface area contributed by atoms with Gasteiger partial charge in [-0.05, 0) is 19.4 Å². The van der Waals surface area contributed by atoms with E-state index < -0.39 is 0 Å². The minimum Gasteiger partial charge on any atom is -0.352 e. The Kier molecular flexibility index (Phi) is 13.1. The van der Waals surface area contributed by atoms with E-state index in [1.807, 2.05) is 0 Å². The zero-order valence-corrected chi connectivity index (χ0v) is 14.1. The fraction of sp³-hybridized carbons (Fsp3) is 1.00. The molecule has 0 amide bonds. The molecule has 0 saturated heterocycles. The van der Waals surface area contributed by atoms with Crippen LogP contribution in [0.3, 0.4) is 0 Å². The number of rotatable bonds is 12. The Labute approximate surface area is 114 Å². The van der Waals surface area contributed by atoms with Crippen LogP contribution in [-0.4, -0.2) is 77.9 Å². The molecule has 2 atom stereocenters. The molecule has 0 aliphatic heterocycles. The summed E-state index contributed by atoms with van der Waals surface area (Å²) in [6.45, 7) is 2.13. The van der Waals surface area contributed by atoms with Crippen molar-refractivity contribution in [3.8, 4) is 0 Å². The molecule has 0 fully saturated rings. The second-order valence-electron chi connectivity index (χ2n) is 3.82. The SMILES string of the molecule is COC(OC)PCCN(C)CCPC(OC)OC. The van der Waals surface area contributed by atoms with Gasteiger partial charge in [0.1, 0.15) is 0 Å². The van der Waals surface area contributed by atoms with Crippen LogP contribution in [0.5, 0.6) is 0 Å². The zero-order valence-electron chi connectivity index (χ0n) is 12.1. The van der Waals surface area contributed by atoms with Crippen molar-refractivity contribution in [1.82, 2.24) is 4.90 Å². The second kappa shape index (κ2) is 12.7. The maximum atomic E-state index is 5.16. The van der Waals surface area contributed by atoms with Gasteiger partial charge in [0.25, 0.3) is 0 Å². The Bertz CT molecular complexity index is 162. The zero-order chi connectivity index (χ0) is 13.8. The van der Waals surface area contributed by atoms with Gasteiger partial charge in [-0.2, -0.15) is 0 Å². The first-order valence-corrected chi connectivity index (χ1v) is 8.51. The Balaban J connectivity index is 3.50. The molecule has 0 aromatic carbocycles. The Morgan fingerprint density at radius 1 is 0.778 bits per heavy atom. The molecule has 0 aromatic rings. The van der Waals surface area contributed by atoms with Crippen molar-refractivity contribution in [2.75, 3.05) is 60.9 Å². The predicted molar refractivity (Wildman–Crippen MR) is 79.5 cm³/mol. The maximum absolute atomic E-state index is 5.16. The van der Waals surface area contributed by atoms with Crippen molar-refractivity contribution >= 4 is 17.2 Å². The first kappa shape index (κ1) is 18.7. The van der Waals surface area contributed by atoms with Gasteiger partial charge in [0.2, 0.25) is 0 Å². The van der Waals surface area contributed by atoms with Gasteiger partial charge in [-0.15, -0.1) is 0 Å². The lowest BCUT2D eigenvalue weighted by Crippen LogP contribution is -2.25. The summed E-state index contributed by atoms with van der Waals surface area (Å²) in [6, 6.07) is -0.0988. The number of ether oxygens (including phenoxy) is 4. The molecule has 0 N–H and O–H groups in total. The lowest BCUT2D eigenvalue weighted by molar-refractivity contribution is -0.0372. The molecule has 0 saturated carbocycles. The minimum atomic E-state index is -0.0494. The van der Waals surface area contributed by atoms with Gasteiger partial charge in [0, 0.05) is 41.5 Å². The van der Waals surface area contributed by atoms with E-state index in [0.29, 0.717) is 17.2 Å². The number of nitrogens with zero attached hydrogens (tertiary/aromatic N) is 1. The fourth-order valence-corrected chi connectivity index (χ4v) is 3.54. The van der Waals surface area contributed by atoms with E-state index in [0.717, 1.165) is 25.4 Å². The lowest BCUT2D eigenvalue weighted by atomic mass is 10.6. The van der Waals surface area contributed by atoms with Gasteiger partial charge in [-0.25, -0.2) is 0 Å². The van der Waals surface area contributed by atoms with Crippen molar-refractivity contribution in [3.05, 3.63) is 0 Å². The van der Waals surface area contributed by atoms with Crippen molar-refractivity contribution in [1.29, 1.82) is 0 Å². The topological polar surface area (TPSA) is 40.2 Å². The molecule has 0 spiro atoms. The Morgan fingerprint density at radius 3 is 1.39 bits per heavy atom. The van der Waals surface area contributed by atoms with Crippen LogP contribution in [0.25, 0.3) is 0 Å². The van der Waals surface area contributed by atoms with Gasteiger partial charge >= 0.3 is 0 Å². The van der Waals surface area contributed by atoms with E-state index >= 15 is 0 Å². The average Bonchev–Trinajstić information content (AvgIpc) is 2.40. The maximum Gasteiger partial charge on any atom is 0.172 e. The standard InChI is InChI=1S/C11H27NO4P2/c1-12(6-8-17-10(13-2)14-3)7-9-18-11(15-4)16-5/h10-11,17-18H,6-9H2,1-5H3. The minimum absolute atomic E-state index is 0.0494. The van der Waals surface area contributed by atoms with Crippen molar-refractivity contribution in [3.63, 3.8) is 0 Å². The highest BCUT2D eigenvalue weighted by Crippen LogP contribution is 2.21. The van der Waals surface area contributed by atoms with Crippen LogP contribution in [0, 0.1) is 0 Å². The van der Waals surface area contributed by atoms with Gasteiger partial charge in [0.05, 0.1) is 0 Å². The summed E-state index contributed by atoms with van der Waals surface area (Å²) in [5.41, 5.74) is 0. The van der Waals surface area contributed by atoms with Crippen molar-refractivity contribution in [2.24, 2.45) is 0 Å². The monoisotopic (exact) mass is 299 g/mol. The Hall–Kier alpha value is 0.660. The molecular formula is C11H27NO4P2. The average molecular weight is 299 g/mol. The van der Waals surface area contributed by atoms with E-state index in [4.69, 9.17) is 18.9 Å². The summed E-state index contributed by atoms with van der Waals surface area (Å²) in [6.07, 6.45) is 2.20. The van der Waals surface area contributed by atoms with Crippen LogP contribution in [0.15, 0.2) is 0 Å². The summed E-state index contributed by atoms with van der Waals surface area (Å²) < 4.78 is 20.7.